The Kier molecular flexibility index (Phi) is 7.91. The van der Waals surface area contributed by atoms with Gasteiger partial charge < -0.3 is 5.73 Å². The molecule has 3 rings (SSSR count). The van der Waals surface area contributed by atoms with Crippen LogP contribution in [-0.2, 0) is 0 Å². The molecule has 0 aromatic heterocycles. The third-order valence-electron chi connectivity index (χ3n) is 4.33. The maximum atomic E-state index is 10.2. The lowest BCUT2D eigenvalue weighted by Gasteiger charge is -2.27. The van der Waals surface area contributed by atoms with E-state index in [0.717, 1.165) is 15.9 Å². The van der Waals surface area contributed by atoms with E-state index in [1.807, 2.05) is 60.9 Å². The number of halogens is 1. The average Bonchev–Trinajstić information content (AvgIpc) is 2.73. The van der Waals surface area contributed by atoms with Crippen LogP contribution in [0, 0.1) is 11.3 Å². The van der Waals surface area contributed by atoms with Gasteiger partial charge in [-0.05, 0) is 42.7 Å². The summed E-state index contributed by atoms with van der Waals surface area (Å²) in [6.07, 6.45) is 1.92. The predicted molar refractivity (Wildman–Crippen MR) is 131 cm³/mol. The maximum Gasteiger partial charge on any atom is 0.214 e. The van der Waals surface area contributed by atoms with Gasteiger partial charge in [0, 0.05) is 0 Å². The Morgan fingerprint density at radius 3 is 1.37 bits per heavy atom. The molecule has 27 heavy (non-hydrogen) atoms. The van der Waals surface area contributed by atoms with Gasteiger partial charge in [0.2, 0.25) is 5.31 Å². The first-order chi connectivity index (χ1) is 12.7. The van der Waals surface area contributed by atoms with Gasteiger partial charge in [-0.2, -0.15) is 5.26 Å². The molecule has 0 heterocycles. The summed E-state index contributed by atoms with van der Waals surface area (Å²) in [4.78, 5) is 0. The van der Waals surface area contributed by atoms with E-state index in [0.29, 0.717) is 10.3 Å². The van der Waals surface area contributed by atoms with E-state index in [-0.39, 0.29) is 24.0 Å². The van der Waals surface area contributed by atoms with E-state index >= 15 is 0 Å². The normalized spacial score (nSPS) is 11.7. The molecule has 2 nitrogen and oxygen atoms in total. The molecule has 0 spiro atoms. The number of nitrogens with two attached hydrogens (primary N) is 1. The average molecular weight is 503 g/mol. The summed E-state index contributed by atoms with van der Waals surface area (Å²) in [5.74, 6) is 0. The second-order valence-electron chi connectivity index (χ2n) is 5.71. The van der Waals surface area contributed by atoms with Crippen molar-refractivity contribution in [2.45, 2.75) is 0 Å². The first-order valence-electron chi connectivity index (χ1n) is 8.25. The first kappa shape index (κ1) is 21.5. The molecule has 3 aromatic carbocycles. The summed E-state index contributed by atoms with van der Waals surface area (Å²) in [6.45, 7) is 0. The second-order valence-corrected chi connectivity index (χ2v) is 9.89. The summed E-state index contributed by atoms with van der Waals surface area (Å²) in [7, 11) is -2.36. The Morgan fingerprint density at radius 2 is 1.11 bits per heavy atom. The Labute approximate surface area is 182 Å². The molecule has 0 saturated heterocycles. The number of thioether (sulfide) groups is 1. The summed E-state index contributed by atoms with van der Waals surface area (Å²) >= 11 is 1.43. The number of hydrogen-bond acceptors (Lipinski definition) is 3. The van der Waals surface area contributed by atoms with Crippen LogP contribution in [0.4, 0.5) is 0 Å². The van der Waals surface area contributed by atoms with Crippen LogP contribution in [0.5, 0.6) is 0 Å². The van der Waals surface area contributed by atoms with Crippen molar-refractivity contribution in [3.8, 4) is 6.07 Å². The van der Waals surface area contributed by atoms with Crippen molar-refractivity contribution in [2.75, 3.05) is 6.26 Å². The highest BCUT2D eigenvalue weighted by Crippen LogP contribution is 2.63. The van der Waals surface area contributed by atoms with Crippen LogP contribution in [0.2, 0.25) is 0 Å². The van der Waals surface area contributed by atoms with Crippen molar-refractivity contribution in [2.24, 2.45) is 5.73 Å². The number of nitrogens with zero attached hydrogens (tertiary/aromatic N) is 1. The Balaban J connectivity index is 0.00000261. The van der Waals surface area contributed by atoms with Crippen LogP contribution in [-0.4, -0.2) is 6.26 Å². The van der Waals surface area contributed by atoms with Crippen LogP contribution >= 0.6 is 43.0 Å². The van der Waals surface area contributed by atoms with Crippen LogP contribution in [0.3, 0.4) is 0 Å². The fraction of sp³-hybridized carbons (Fsp3) is 0.0455. The van der Waals surface area contributed by atoms with Gasteiger partial charge >= 0.3 is 0 Å². The topological polar surface area (TPSA) is 49.8 Å². The minimum absolute atomic E-state index is 0. The molecule has 2 N–H and O–H groups in total. The van der Waals surface area contributed by atoms with Gasteiger partial charge in [-0.15, -0.1) is 35.7 Å². The van der Waals surface area contributed by atoms with Crippen LogP contribution < -0.4 is 21.6 Å². The van der Waals surface area contributed by atoms with Gasteiger partial charge in [0.25, 0.3) is 0 Å². The van der Waals surface area contributed by atoms with Crippen molar-refractivity contribution in [3.63, 3.8) is 0 Å². The van der Waals surface area contributed by atoms with E-state index in [2.05, 4.69) is 42.5 Å². The lowest BCUT2D eigenvalue weighted by atomic mass is 10.4. The third-order valence-corrected chi connectivity index (χ3v) is 9.35. The Bertz CT molecular complexity index is 842. The van der Waals surface area contributed by atoms with Crippen molar-refractivity contribution in [1.82, 2.24) is 0 Å². The number of benzene rings is 3. The summed E-state index contributed by atoms with van der Waals surface area (Å²) < 4.78 is 0. The molecule has 0 amide bonds. The summed E-state index contributed by atoms with van der Waals surface area (Å²) in [5, 5.41) is 14.8. The second kappa shape index (κ2) is 9.94. The van der Waals surface area contributed by atoms with E-state index in [9.17, 15) is 5.26 Å². The minimum atomic E-state index is -2.36. The van der Waals surface area contributed by atoms with Gasteiger partial charge in [0.15, 0.2) is 7.26 Å². The molecular weight excluding hydrogens is 482 g/mol. The van der Waals surface area contributed by atoms with Crippen molar-refractivity contribution < 1.29 is 0 Å². The molecule has 0 aliphatic carbocycles. The largest absolute Gasteiger partial charge is 0.390 e. The molecule has 3 aromatic rings. The fourth-order valence-corrected chi connectivity index (χ4v) is 8.11. The molecule has 0 unspecified atom stereocenters. The van der Waals surface area contributed by atoms with E-state index in [1.54, 1.807) is 0 Å². The number of hydrogen-bond donors (Lipinski definition) is 1. The Hall–Kier alpha value is -1.80. The highest BCUT2D eigenvalue weighted by Gasteiger charge is 2.51. The van der Waals surface area contributed by atoms with Gasteiger partial charge in [0.1, 0.15) is 27.0 Å². The maximum absolute atomic E-state index is 10.2. The van der Waals surface area contributed by atoms with Crippen LogP contribution in [0.25, 0.3) is 0 Å². The fourth-order valence-electron chi connectivity index (χ4n) is 3.18. The molecule has 0 bridgehead atoms. The zero-order valence-corrected chi connectivity index (χ0v) is 19.0. The SMILES string of the molecule is CSC(N)=C(C#N)[P+](c1ccccc1)(c1ccccc1)c1ccccc1.I. The number of rotatable bonds is 5. The van der Waals surface area contributed by atoms with E-state index in [1.165, 1.54) is 11.8 Å². The van der Waals surface area contributed by atoms with E-state index in [4.69, 9.17) is 5.73 Å². The van der Waals surface area contributed by atoms with Crippen molar-refractivity contribution >= 4 is 58.9 Å². The number of allylic oxidation sites excluding steroid dienone is 1. The molecule has 0 atom stereocenters. The molecule has 0 saturated carbocycles. The van der Waals surface area contributed by atoms with Gasteiger partial charge in [-0.1, -0.05) is 54.6 Å². The van der Waals surface area contributed by atoms with Crippen molar-refractivity contribution in [3.05, 3.63) is 101 Å². The van der Waals surface area contributed by atoms with Crippen molar-refractivity contribution in [1.29, 1.82) is 5.26 Å². The Morgan fingerprint density at radius 1 is 0.778 bits per heavy atom. The standard InChI is InChI=1S/C22H20N2PS.HI/c1-26-22(24)21(17-23)25(18-11-5-2-6-12-18,19-13-7-3-8-14-19)20-15-9-4-10-16-20;/h2-16H,24H2,1H3;1H/q+1;. The monoisotopic (exact) mass is 503 g/mol. The number of nitriles is 1. The molecular formula is C22H21IN2PS+. The smallest absolute Gasteiger partial charge is 0.214 e. The lowest BCUT2D eigenvalue weighted by molar-refractivity contribution is 1.47. The quantitative estimate of drug-likeness (QED) is 0.314. The van der Waals surface area contributed by atoms with Crippen LogP contribution in [0.1, 0.15) is 0 Å². The highest BCUT2D eigenvalue weighted by atomic mass is 127. The predicted octanol–water partition coefficient (Wildman–Crippen LogP) is 4.61. The molecule has 0 radical (unpaired) electrons. The molecule has 0 aliphatic rings. The van der Waals surface area contributed by atoms with Gasteiger partial charge in [-0.3, -0.25) is 0 Å². The molecule has 0 fully saturated rings. The van der Waals surface area contributed by atoms with E-state index < -0.39 is 7.26 Å². The molecule has 0 aliphatic heterocycles. The first-order valence-corrected chi connectivity index (χ1v) is 11.3. The van der Waals surface area contributed by atoms with Crippen LogP contribution in [0.15, 0.2) is 101 Å². The third kappa shape index (κ3) is 4.06. The zero-order valence-electron chi connectivity index (χ0n) is 14.9. The zero-order chi connectivity index (χ0) is 18.4. The lowest BCUT2D eigenvalue weighted by Crippen LogP contribution is -2.33. The minimum Gasteiger partial charge on any atom is -0.390 e. The summed E-state index contributed by atoms with van der Waals surface area (Å²) in [5.41, 5.74) is 6.37. The molecule has 136 valence electrons. The highest BCUT2D eigenvalue weighted by molar-refractivity contribution is 14.0. The summed E-state index contributed by atoms with van der Waals surface area (Å²) in [6, 6.07) is 33.3. The molecule has 5 heteroatoms. The van der Waals surface area contributed by atoms with Gasteiger partial charge in [0.05, 0.1) is 0 Å². The van der Waals surface area contributed by atoms with Gasteiger partial charge in [-0.25, -0.2) is 0 Å².